The second kappa shape index (κ2) is 6.23. The molecule has 0 spiro atoms. The maximum Gasteiger partial charge on any atom is 0.214 e. The molecule has 2 nitrogen and oxygen atoms in total. The number of carbonyl (C=O) groups excluding carboxylic acids is 1. The van der Waals surface area contributed by atoms with Gasteiger partial charge < -0.3 is 4.90 Å². The molecule has 2 heteroatoms. The van der Waals surface area contributed by atoms with E-state index in [0.29, 0.717) is 6.54 Å². The number of benzene rings is 3. The number of amides is 1. The minimum atomic E-state index is 0.686. The Kier molecular flexibility index (Phi) is 3.97. The van der Waals surface area contributed by atoms with Crippen molar-refractivity contribution in [2.24, 2.45) is 0 Å². The minimum absolute atomic E-state index is 0.686. The van der Waals surface area contributed by atoms with E-state index in [1.165, 1.54) is 10.9 Å². The first-order valence-electron chi connectivity index (χ1n) is 7.11. The van der Waals surface area contributed by atoms with E-state index in [1.807, 2.05) is 36.4 Å². The summed E-state index contributed by atoms with van der Waals surface area (Å²) in [6, 6.07) is 24.5. The molecule has 0 aromatic heterocycles. The quantitative estimate of drug-likeness (QED) is 0.643. The van der Waals surface area contributed by atoms with E-state index in [0.717, 1.165) is 23.9 Å². The largest absolute Gasteiger partial charge is 0.315 e. The molecule has 0 fully saturated rings. The number of carbonyl (C=O) groups is 1. The van der Waals surface area contributed by atoms with Gasteiger partial charge in [-0.3, -0.25) is 4.79 Å². The summed E-state index contributed by atoms with van der Waals surface area (Å²) in [6.07, 6.45) is 1.76. The first kappa shape index (κ1) is 13.4. The lowest BCUT2D eigenvalue weighted by Gasteiger charge is -2.18. The van der Waals surface area contributed by atoms with Crippen molar-refractivity contribution in [3.63, 3.8) is 0 Å². The van der Waals surface area contributed by atoms with Crippen molar-refractivity contribution in [2.75, 3.05) is 11.4 Å². The molecule has 0 bridgehead atoms. The first-order chi connectivity index (χ1) is 10.4. The van der Waals surface area contributed by atoms with Crippen molar-refractivity contribution in [1.29, 1.82) is 0 Å². The molecule has 0 heterocycles. The Morgan fingerprint density at radius 2 is 1.52 bits per heavy atom. The van der Waals surface area contributed by atoms with Crippen molar-refractivity contribution in [1.82, 2.24) is 0 Å². The molecule has 104 valence electrons. The number of hydrogen-bond acceptors (Lipinski definition) is 1. The Balaban J connectivity index is 1.79. The highest BCUT2D eigenvalue weighted by Crippen LogP contribution is 2.21. The fraction of sp³-hybridized carbons (Fsp3) is 0.105. The van der Waals surface area contributed by atoms with Gasteiger partial charge in [0.2, 0.25) is 6.41 Å². The standard InChI is InChI=1S/C19H17NO/c21-15-20(13-12-16-6-2-1-3-7-16)19-11-10-17-8-4-5-9-18(17)14-19/h1-11,14-15H,12-13H2. The third-order valence-corrected chi connectivity index (χ3v) is 3.68. The maximum atomic E-state index is 11.4. The van der Waals surface area contributed by atoms with E-state index in [-0.39, 0.29) is 0 Å². The van der Waals surface area contributed by atoms with Crippen LogP contribution < -0.4 is 4.90 Å². The molecule has 0 saturated carbocycles. The third kappa shape index (κ3) is 3.11. The number of hydrogen-bond donors (Lipinski definition) is 0. The van der Waals surface area contributed by atoms with E-state index < -0.39 is 0 Å². The molecular formula is C19H17NO. The average Bonchev–Trinajstić information content (AvgIpc) is 2.56. The van der Waals surface area contributed by atoms with Crippen LogP contribution in [-0.2, 0) is 11.2 Å². The normalized spacial score (nSPS) is 10.5. The summed E-state index contributed by atoms with van der Waals surface area (Å²) in [7, 11) is 0. The molecule has 0 unspecified atom stereocenters. The molecule has 0 saturated heterocycles. The van der Waals surface area contributed by atoms with Gasteiger partial charge in [0.1, 0.15) is 0 Å². The van der Waals surface area contributed by atoms with Gasteiger partial charge in [0.15, 0.2) is 0 Å². The number of fused-ring (bicyclic) bond motifs is 1. The third-order valence-electron chi connectivity index (χ3n) is 3.68. The molecule has 1 amide bonds. The van der Waals surface area contributed by atoms with E-state index >= 15 is 0 Å². The Hall–Kier alpha value is -2.61. The highest BCUT2D eigenvalue weighted by atomic mass is 16.1. The van der Waals surface area contributed by atoms with Gasteiger partial charge in [0, 0.05) is 12.2 Å². The summed E-state index contributed by atoms with van der Waals surface area (Å²) >= 11 is 0. The van der Waals surface area contributed by atoms with Crippen LogP contribution in [0.15, 0.2) is 72.8 Å². The summed E-state index contributed by atoms with van der Waals surface area (Å²) in [6.45, 7) is 0.686. The zero-order chi connectivity index (χ0) is 14.5. The molecule has 3 aromatic rings. The number of rotatable bonds is 5. The highest BCUT2D eigenvalue weighted by Gasteiger charge is 2.06. The molecule has 0 N–H and O–H groups in total. The number of anilines is 1. The summed E-state index contributed by atoms with van der Waals surface area (Å²) in [5.41, 5.74) is 2.18. The topological polar surface area (TPSA) is 20.3 Å². The monoisotopic (exact) mass is 275 g/mol. The van der Waals surface area contributed by atoms with Gasteiger partial charge in [-0.05, 0) is 34.9 Å². The molecule has 0 aliphatic heterocycles. The van der Waals surface area contributed by atoms with Crippen molar-refractivity contribution in [3.8, 4) is 0 Å². The number of nitrogens with zero attached hydrogens (tertiary/aromatic N) is 1. The lowest BCUT2D eigenvalue weighted by molar-refractivity contribution is -0.107. The minimum Gasteiger partial charge on any atom is -0.315 e. The molecule has 0 aliphatic rings. The van der Waals surface area contributed by atoms with Crippen LogP contribution >= 0.6 is 0 Å². The van der Waals surface area contributed by atoms with Gasteiger partial charge in [-0.25, -0.2) is 0 Å². The highest BCUT2D eigenvalue weighted by molar-refractivity contribution is 5.88. The average molecular weight is 275 g/mol. The van der Waals surface area contributed by atoms with Crippen LogP contribution in [0.4, 0.5) is 5.69 Å². The Morgan fingerprint density at radius 3 is 2.29 bits per heavy atom. The van der Waals surface area contributed by atoms with Crippen molar-refractivity contribution < 1.29 is 4.79 Å². The first-order valence-corrected chi connectivity index (χ1v) is 7.11. The van der Waals surface area contributed by atoms with Crippen molar-refractivity contribution >= 4 is 22.9 Å². The predicted octanol–water partition coefficient (Wildman–Crippen LogP) is 4.05. The van der Waals surface area contributed by atoms with Gasteiger partial charge in [-0.1, -0.05) is 60.7 Å². The predicted molar refractivity (Wildman–Crippen MR) is 87.5 cm³/mol. The van der Waals surface area contributed by atoms with Crippen LogP contribution in [0.5, 0.6) is 0 Å². The molecular weight excluding hydrogens is 258 g/mol. The maximum absolute atomic E-state index is 11.4. The van der Waals surface area contributed by atoms with E-state index in [9.17, 15) is 4.79 Å². The fourth-order valence-electron chi connectivity index (χ4n) is 2.49. The van der Waals surface area contributed by atoms with Gasteiger partial charge in [-0.15, -0.1) is 0 Å². The van der Waals surface area contributed by atoms with Crippen LogP contribution in [0.25, 0.3) is 10.8 Å². The molecule has 3 rings (SSSR count). The summed E-state index contributed by atoms with van der Waals surface area (Å²) in [5, 5.41) is 2.34. The van der Waals surface area contributed by atoms with Crippen LogP contribution in [0.3, 0.4) is 0 Å². The zero-order valence-corrected chi connectivity index (χ0v) is 11.8. The van der Waals surface area contributed by atoms with Crippen molar-refractivity contribution in [3.05, 3.63) is 78.4 Å². The van der Waals surface area contributed by atoms with E-state index in [1.54, 1.807) is 4.90 Å². The molecule has 0 atom stereocenters. The Bertz CT molecular complexity index is 737. The van der Waals surface area contributed by atoms with Gasteiger partial charge >= 0.3 is 0 Å². The van der Waals surface area contributed by atoms with Crippen LogP contribution in [-0.4, -0.2) is 13.0 Å². The lowest BCUT2D eigenvalue weighted by atomic mass is 10.1. The summed E-state index contributed by atoms with van der Waals surface area (Å²) in [5.74, 6) is 0. The van der Waals surface area contributed by atoms with Crippen LogP contribution in [0.2, 0.25) is 0 Å². The lowest BCUT2D eigenvalue weighted by Crippen LogP contribution is -2.23. The fourth-order valence-corrected chi connectivity index (χ4v) is 2.49. The van der Waals surface area contributed by atoms with Gasteiger partial charge in [0.05, 0.1) is 0 Å². The molecule has 3 aromatic carbocycles. The van der Waals surface area contributed by atoms with Gasteiger partial charge in [0.25, 0.3) is 0 Å². The zero-order valence-electron chi connectivity index (χ0n) is 11.8. The Morgan fingerprint density at radius 1 is 0.810 bits per heavy atom. The van der Waals surface area contributed by atoms with Crippen LogP contribution in [0, 0.1) is 0 Å². The SMILES string of the molecule is O=CN(CCc1ccccc1)c1ccc2ccccc2c1. The molecule has 21 heavy (non-hydrogen) atoms. The second-order valence-electron chi connectivity index (χ2n) is 5.07. The van der Waals surface area contributed by atoms with Crippen molar-refractivity contribution in [2.45, 2.75) is 6.42 Å². The second-order valence-corrected chi connectivity index (χ2v) is 5.07. The van der Waals surface area contributed by atoms with E-state index in [4.69, 9.17) is 0 Å². The summed E-state index contributed by atoms with van der Waals surface area (Å²) < 4.78 is 0. The van der Waals surface area contributed by atoms with Gasteiger partial charge in [-0.2, -0.15) is 0 Å². The molecule has 0 radical (unpaired) electrons. The molecule has 0 aliphatic carbocycles. The van der Waals surface area contributed by atoms with Crippen LogP contribution in [0.1, 0.15) is 5.56 Å². The van der Waals surface area contributed by atoms with E-state index in [2.05, 4.69) is 36.4 Å². The Labute approximate surface area is 124 Å². The summed E-state index contributed by atoms with van der Waals surface area (Å²) in [4.78, 5) is 13.2. The smallest absolute Gasteiger partial charge is 0.214 e.